The van der Waals surface area contributed by atoms with E-state index in [0.29, 0.717) is 5.82 Å². The van der Waals surface area contributed by atoms with Gasteiger partial charge in [0.05, 0.1) is 18.0 Å². The molecule has 11 nitrogen and oxygen atoms in total. The van der Waals surface area contributed by atoms with Gasteiger partial charge in [-0.05, 0) is 53.7 Å². The van der Waals surface area contributed by atoms with Crippen LogP contribution in [0.3, 0.4) is 0 Å². The second-order valence-electron chi connectivity index (χ2n) is 10.5. The van der Waals surface area contributed by atoms with Gasteiger partial charge in [-0.25, -0.2) is 14.6 Å². The van der Waals surface area contributed by atoms with Gasteiger partial charge in [-0.1, -0.05) is 0 Å². The zero-order valence-corrected chi connectivity index (χ0v) is 20.4. The SMILES string of the molecule is CC(C)(C)OC(=O)N1CC(C(=O)Nc2ccc(OC(=O)C3CN(C(=O)OC(C)(C)C)C3)cn2)C1. The first-order chi connectivity index (χ1) is 15.7. The molecule has 11 heteroatoms. The molecule has 186 valence electrons. The number of carbonyl (C=O) groups excluding carboxylic acids is 4. The van der Waals surface area contributed by atoms with Crippen molar-refractivity contribution in [1.29, 1.82) is 0 Å². The van der Waals surface area contributed by atoms with Crippen LogP contribution in [0.5, 0.6) is 5.75 Å². The number of likely N-dealkylation sites (tertiary alicyclic amines) is 2. The van der Waals surface area contributed by atoms with Crippen LogP contribution in [0.2, 0.25) is 0 Å². The summed E-state index contributed by atoms with van der Waals surface area (Å²) in [5.74, 6) is -0.959. The zero-order chi connectivity index (χ0) is 25.3. The fourth-order valence-corrected chi connectivity index (χ4v) is 3.17. The highest BCUT2D eigenvalue weighted by Crippen LogP contribution is 2.23. The average molecular weight is 477 g/mol. The van der Waals surface area contributed by atoms with Crippen LogP contribution in [-0.4, -0.2) is 76.2 Å². The lowest BCUT2D eigenvalue weighted by molar-refractivity contribution is -0.144. The van der Waals surface area contributed by atoms with Gasteiger partial charge in [0.15, 0.2) is 0 Å². The second-order valence-corrected chi connectivity index (χ2v) is 10.5. The van der Waals surface area contributed by atoms with Crippen LogP contribution in [0, 0.1) is 11.8 Å². The molecule has 1 N–H and O–H groups in total. The van der Waals surface area contributed by atoms with E-state index in [2.05, 4.69) is 10.3 Å². The van der Waals surface area contributed by atoms with Crippen molar-refractivity contribution >= 4 is 29.9 Å². The van der Waals surface area contributed by atoms with Crippen LogP contribution in [0.4, 0.5) is 15.4 Å². The lowest BCUT2D eigenvalue weighted by Crippen LogP contribution is -2.55. The number of carbonyl (C=O) groups is 4. The summed E-state index contributed by atoms with van der Waals surface area (Å²) in [5.41, 5.74) is -1.18. The molecule has 0 atom stereocenters. The molecule has 1 aromatic heterocycles. The summed E-state index contributed by atoms with van der Waals surface area (Å²) in [6.45, 7) is 11.7. The second kappa shape index (κ2) is 9.47. The number of aromatic nitrogens is 1. The minimum absolute atomic E-state index is 0.233. The lowest BCUT2D eigenvalue weighted by Gasteiger charge is -2.38. The third-order valence-electron chi connectivity index (χ3n) is 4.98. The standard InChI is InChI=1S/C23H32N4O7/c1-22(2,3)33-20(30)26-10-14(11-26)18(28)25-17-8-7-16(9-24-17)32-19(29)15-12-27(13-15)21(31)34-23(4,5)6/h7-9,14-15H,10-13H2,1-6H3,(H,24,25,28). The van der Waals surface area contributed by atoms with Gasteiger partial charge in [0.25, 0.3) is 0 Å². The minimum atomic E-state index is -0.596. The maximum absolute atomic E-state index is 12.4. The number of esters is 1. The maximum Gasteiger partial charge on any atom is 0.410 e. The largest absolute Gasteiger partial charge is 0.444 e. The summed E-state index contributed by atoms with van der Waals surface area (Å²) in [4.78, 5) is 55.6. The van der Waals surface area contributed by atoms with Crippen molar-refractivity contribution in [3.05, 3.63) is 18.3 Å². The third kappa shape index (κ3) is 6.82. The van der Waals surface area contributed by atoms with E-state index in [9.17, 15) is 19.2 Å². The molecule has 3 heterocycles. The first kappa shape index (κ1) is 25.3. The molecule has 3 rings (SSSR count). The molecule has 0 aliphatic carbocycles. The molecular weight excluding hydrogens is 444 g/mol. The molecule has 34 heavy (non-hydrogen) atoms. The highest BCUT2D eigenvalue weighted by molar-refractivity contribution is 5.93. The van der Waals surface area contributed by atoms with Gasteiger partial charge < -0.3 is 29.3 Å². The molecule has 0 radical (unpaired) electrons. The quantitative estimate of drug-likeness (QED) is 0.657. The Hall–Kier alpha value is -3.37. The normalized spacial score (nSPS) is 16.8. The fourth-order valence-electron chi connectivity index (χ4n) is 3.17. The zero-order valence-electron chi connectivity index (χ0n) is 20.4. The van der Waals surface area contributed by atoms with Crippen molar-refractivity contribution in [2.24, 2.45) is 11.8 Å². The van der Waals surface area contributed by atoms with E-state index in [1.54, 1.807) is 41.5 Å². The van der Waals surface area contributed by atoms with E-state index in [0.717, 1.165) is 0 Å². The van der Waals surface area contributed by atoms with Gasteiger partial charge in [0.2, 0.25) is 5.91 Å². The Morgan fingerprint density at radius 1 is 0.853 bits per heavy atom. The number of nitrogens with one attached hydrogen (secondary N) is 1. The summed E-state index contributed by atoms with van der Waals surface area (Å²) in [6.07, 6.45) is 0.437. The van der Waals surface area contributed by atoms with Crippen LogP contribution >= 0.6 is 0 Å². The number of amides is 3. The van der Waals surface area contributed by atoms with Crippen LogP contribution in [-0.2, 0) is 19.1 Å². The summed E-state index contributed by atoms with van der Waals surface area (Å²) < 4.78 is 15.9. The Labute approximate surface area is 198 Å². The molecular formula is C23H32N4O7. The molecule has 0 spiro atoms. The van der Waals surface area contributed by atoms with E-state index < -0.39 is 35.3 Å². The van der Waals surface area contributed by atoms with Crippen molar-refractivity contribution in [3.63, 3.8) is 0 Å². The number of rotatable bonds is 4. The van der Waals surface area contributed by atoms with E-state index in [1.807, 2.05) is 0 Å². The predicted octanol–water partition coefficient (Wildman–Crippen LogP) is 2.66. The third-order valence-corrected chi connectivity index (χ3v) is 4.98. The minimum Gasteiger partial charge on any atom is -0.444 e. The number of hydrogen-bond acceptors (Lipinski definition) is 8. The van der Waals surface area contributed by atoms with E-state index in [1.165, 1.54) is 28.1 Å². The Morgan fingerprint density at radius 2 is 1.35 bits per heavy atom. The van der Waals surface area contributed by atoms with E-state index >= 15 is 0 Å². The van der Waals surface area contributed by atoms with Crippen LogP contribution < -0.4 is 10.1 Å². The van der Waals surface area contributed by atoms with Crippen molar-refractivity contribution in [2.45, 2.75) is 52.7 Å². The Bertz CT molecular complexity index is 861. The van der Waals surface area contributed by atoms with Gasteiger partial charge >= 0.3 is 18.2 Å². The first-order valence-corrected chi connectivity index (χ1v) is 11.1. The fraction of sp³-hybridized carbons (Fsp3) is 0.609. The number of nitrogens with zero attached hydrogens (tertiary/aromatic N) is 3. The lowest BCUT2D eigenvalue weighted by atomic mass is 10.00. The maximum atomic E-state index is 12.4. The molecule has 0 bridgehead atoms. The first-order valence-electron chi connectivity index (χ1n) is 11.1. The molecule has 3 amide bonds. The smallest absolute Gasteiger partial charge is 0.410 e. The highest BCUT2D eigenvalue weighted by atomic mass is 16.6. The van der Waals surface area contributed by atoms with Crippen molar-refractivity contribution in [3.8, 4) is 5.75 Å². The molecule has 0 unspecified atom stereocenters. The number of hydrogen-bond donors (Lipinski definition) is 1. The molecule has 2 fully saturated rings. The van der Waals surface area contributed by atoms with Gasteiger partial charge in [-0.3, -0.25) is 9.59 Å². The van der Waals surface area contributed by atoms with Crippen molar-refractivity contribution in [1.82, 2.24) is 14.8 Å². The molecule has 2 aliphatic heterocycles. The molecule has 0 aromatic carbocycles. The van der Waals surface area contributed by atoms with E-state index in [4.69, 9.17) is 14.2 Å². The van der Waals surface area contributed by atoms with Crippen molar-refractivity contribution in [2.75, 3.05) is 31.5 Å². The van der Waals surface area contributed by atoms with Crippen molar-refractivity contribution < 1.29 is 33.4 Å². The average Bonchev–Trinajstić information content (AvgIpc) is 2.57. The monoisotopic (exact) mass is 476 g/mol. The number of ether oxygens (including phenoxy) is 3. The highest BCUT2D eigenvalue weighted by Gasteiger charge is 2.39. The van der Waals surface area contributed by atoms with Gasteiger partial charge in [0, 0.05) is 26.2 Å². The predicted molar refractivity (Wildman–Crippen MR) is 121 cm³/mol. The Morgan fingerprint density at radius 3 is 1.79 bits per heavy atom. The summed E-state index contributed by atoms with van der Waals surface area (Å²) in [6, 6.07) is 3.05. The summed E-state index contributed by atoms with van der Waals surface area (Å²) >= 11 is 0. The summed E-state index contributed by atoms with van der Waals surface area (Å²) in [5, 5.41) is 2.69. The molecule has 0 saturated carbocycles. The number of anilines is 1. The van der Waals surface area contributed by atoms with Gasteiger partial charge in [0.1, 0.15) is 22.8 Å². The van der Waals surface area contributed by atoms with Crippen LogP contribution in [0.15, 0.2) is 18.3 Å². The Kier molecular flexibility index (Phi) is 7.04. The van der Waals surface area contributed by atoms with Gasteiger partial charge in [-0.2, -0.15) is 0 Å². The Balaban J connectivity index is 1.39. The topological polar surface area (TPSA) is 127 Å². The van der Waals surface area contributed by atoms with Crippen LogP contribution in [0.25, 0.3) is 0 Å². The molecule has 1 aromatic rings. The van der Waals surface area contributed by atoms with E-state index in [-0.39, 0.29) is 43.8 Å². The van der Waals surface area contributed by atoms with Gasteiger partial charge in [-0.15, -0.1) is 0 Å². The van der Waals surface area contributed by atoms with Crippen LogP contribution in [0.1, 0.15) is 41.5 Å². The molecule has 2 aliphatic rings. The summed E-state index contributed by atoms with van der Waals surface area (Å²) in [7, 11) is 0. The molecule has 2 saturated heterocycles. The number of pyridine rings is 1.